The lowest BCUT2D eigenvalue weighted by Gasteiger charge is -2.33. The number of carbonyl (C=O) groups excluding carboxylic acids is 1. The average molecular weight is 322 g/mol. The highest BCUT2D eigenvalue weighted by molar-refractivity contribution is 6.45. The van der Waals surface area contributed by atoms with Crippen LogP contribution in [0.4, 0.5) is 0 Å². The summed E-state index contributed by atoms with van der Waals surface area (Å²) in [5.41, 5.74) is 1.97. The summed E-state index contributed by atoms with van der Waals surface area (Å²) in [5.74, 6) is -0.0711. The Morgan fingerprint density at radius 1 is 1.36 bits per heavy atom. The highest BCUT2D eigenvalue weighted by Crippen LogP contribution is 2.32. The Balaban J connectivity index is 2.21. The number of methoxy groups -OCH3 is 1. The molecular weight excluding hydrogens is 300 g/mol. The van der Waals surface area contributed by atoms with Gasteiger partial charge >= 0.3 is 13.0 Å². The van der Waals surface area contributed by atoms with Crippen LogP contribution in [0.15, 0.2) is 30.3 Å². The van der Waals surface area contributed by atoms with Gasteiger partial charge in [-0.3, -0.25) is 0 Å². The van der Waals surface area contributed by atoms with Gasteiger partial charge in [-0.05, 0) is 61.9 Å². The van der Waals surface area contributed by atoms with Crippen LogP contribution in [0.3, 0.4) is 0 Å². The molecule has 2 rings (SSSR count). The molecule has 1 aliphatic heterocycles. The van der Waals surface area contributed by atoms with Gasteiger partial charge in [0.25, 0.3) is 0 Å². The third kappa shape index (κ3) is 4.35. The largest absolute Gasteiger partial charge is 0.466 e. The summed E-state index contributed by atoms with van der Waals surface area (Å²) in [5, 5.41) is 10.3. The number of benzene rings is 1. The molecule has 6 heteroatoms. The Labute approximate surface area is 136 Å². The Hall–Kier alpha value is -1.30. The van der Waals surface area contributed by atoms with Gasteiger partial charge in [0.1, 0.15) is 0 Å². The van der Waals surface area contributed by atoms with Crippen molar-refractivity contribution in [2.75, 3.05) is 20.2 Å². The van der Waals surface area contributed by atoms with Gasteiger partial charge in [0.05, 0.1) is 7.11 Å². The fourth-order valence-electron chi connectivity index (χ4n) is 2.85. The molecule has 22 heavy (non-hydrogen) atoms. The molecule has 0 aliphatic carbocycles. The minimum Gasteiger partial charge on any atom is -0.466 e. The summed E-state index contributed by atoms with van der Waals surface area (Å²) in [4.78, 5) is 13.7. The lowest BCUT2D eigenvalue weighted by atomic mass is 9.78. The standard InChI is InChI=1S/C16H21BClNO3/c1-17(21)19-9-7-13(8-10-19)15(11-16(20)22-2)12-3-5-14(18)6-4-12/h3-6,11,13,21H,7-10H2,1-2H3/b15-11+. The number of rotatable bonds is 4. The Kier molecular flexibility index (Phi) is 6.06. The molecule has 1 saturated heterocycles. The maximum atomic E-state index is 11.7. The first kappa shape index (κ1) is 17.1. The fourth-order valence-corrected chi connectivity index (χ4v) is 2.98. The van der Waals surface area contributed by atoms with Crippen LogP contribution >= 0.6 is 11.6 Å². The molecule has 1 heterocycles. The minimum atomic E-state index is -0.426. The van der Waals surface area contributed by atoms with Crippen LogP contribution in [-0.2, 0) is 9.53 Å². The van der Waals surface area contributed by atoms with E-state index in [2.05, 4.69) is 0 Å². The van der Waals surface area contributed by atoms with E-state index >= 15 is 0 Å². The second-order valence-electron chi connectivity index (χ2n) is 5.57. The van der Waals surface area contributed by atoms with Crippen molar-refractivity contribution in [1.82, 2.24) is 4.81 Å². The van der Waals surface area contributed by atoms with Gasteiger partial charge in [-0.2, -0.15) is 0 Å². The fraction of sp³-hybridized carbons (Fsp3) is 0.438. The summed E-state index contributed by atoms with van der Waals surface area (Å²) >= 11 is 5.94. The van der Waals surface area contributed by atoms with Crippen molar-refractivity contribution in [1.29, 1.82) is 0 Å². The second-order valence-corrected chi connectivity index (χ2v) is 6.01. The van der Waals surface area contributed by atoms with Crippen LogP contribution in [0, 0.1) is 5.92 Å². The van der Waals surface area contributed by atoms with Crippen molar-refractivity contribution < 1.29 is 14.6 Å². The molecule has 0 atom stereocenters. The van der Waals surface area contributed by atoms with Gasteiger partial charge in [-0.15, -0.1) is 0 Å². The quantitative estimate of drug-likeness (QED) is 0.526. The number of ether oxygens (including phenoxy) is 1. The highest BCUT2D eigenvalue weighted by atomic mass is 35.5. The van der Waals surface area contributed by atoms with Crippen molar-refractivity contribution in [3.05, 3.63) is 40.9 Å². The molecule has 1 aliphatic rings. The maximum absolute atomic E-state index is 11.7. The number of hydrogen-bond donors (Lipinski definition) is 1. The predicted molar refractivity (Wildman–Crippen MR) is 89.6 cm³/mol. The van der Waals surface area contributed by atoms with Crippen LogP contribution in [0.25, 0.3) is 5.57 Å². The SMILES string of the molecule is COC(=O)/C=C(\c1ccc(Cl)cc1)C1CCN(B(C)O)CC1. The molecule has 0 bridgehead atoms. The third-order valence-corrected chi connectivity index (χ3v) is 4.40. The lowest BCUT2D eigenvalue weighted by Crippen LogP contribution is -2.43. The normalized spacial score (nSPS) is 17.4. The third-order valence-electron chi connectivity index (χ3n) is 4.15. The molecule has 4 nitrogen and oxygen atoms in total. The number of piperidine rings is 1. The molecule has 0 spiro atoms. The van der Waals surface area contributed by atoms with E-state index in [9.17, 15) is 9.82 Å². The van der Waals surface area contributed by atoms with Crippen molar-refractivity contribution in [2.24, 2.45) is 5.92 Å². The number of halogens is 1. The smallest absolute Gasteiger partial charge is 0.376 e. The number of esters is 1. The van der Waals surface area contributed by atoms with Crippen molar-refractivity contribution in [3.8, 4) is 0 Å². The van der Waals surface area contributed by atoms with Crippen LogP contribution in [-0.4, -0.2) is 43.1 Å². The van der Waals surface area contributed by atoms with Crippen molar-refractivity contribution in [2.45, 2.75) is 19.7 Å². The molecule has 1 aromatic carbocycles. The number of nitrogens with zero attached hydrogens (tertiary/aromatic N) is 1. The molecular formula is C16H21BClNO3. The van der Waals surface area contributed by atoms with Crippen molar-refractivity contribution >= 4 is 30.2 Å². The Morgan fingerprint density at radius 3 is 2.45 bits per heavy atom. The van der Waals surface area contributed by atoms with E-state index < -0.39 is 7.05 Å². The minimum absolute atomic E-state index is 0.273. The van der Waals surface area contributed by atoms with Gasteiger partial charge in [0, 0.05) is 11.1 Å². The average Bonchev–Trinajstić information content (AvgIpc) is 2.53. The van der Waals surface area contributed by atoms with Crippen molar-refractivity contribution in [3.63, 3.8) is 0 Å². The van der Waals surface area contributed by atoms with E-state index in [0.29, 0.717) is 5.02 Å². The highest BCUT2D eigenvalue weighted by Gasteiger charge is 2.27. The lowest BCUT2D eigenvalue weighted by molar-refractivity contribution is -0.134. The van der Waals surface area contributed by atoms with Crippen LogP contribution in [0.5, 0.6) is 0 Å². The monoisotopic (exact) mass is 321 g/mol. The van der Waals surface area contributed by atoms with Crippen LogP contribution in [0.1, 0.15) is 18.4 Å². The summed E-state index contributed by atoms with van der Waals surface area (Å²) in [6.07, 6.45) is 3.37. The number of allylic oxidation sites excluding steroid dienone is 1. The van der Waals surface area contributed by atoms with E-state index in [1.165, 1.54) is 7.11 Å². The van der Waals surface area contributed by atoms with Gasteiger partial charge in [0.15, 0.2) is 0 Å². The van der Waals surface area contributed by atoms with E-state index in [-0.39, 0.29) is 11.9 Å². The van der Waals surface area contributed by atoms with Crippen LogP contribution in [0.2, 0.25) is 11.8 Å². The molecule has 0 amide bonds. The molecule has 1 fully saturated rings. The molecule has 1 aromatic rings. The predicted octanol–water partition coefficient (Wildman–Crippen LogP) is 2.72. The van der Waals surface area contributed by atoms with Gasteiger partial charge < -0.3 is 14.6 Å². The summed E-state index contributed by atoms with van der Waals surface area (Å²) < 4.78 is 4.78. The Bertz CT molecular complexity index is 537. The molecule has 118 valence electrons. The zero-order valence-corrected chi connectivity index (χ0v) is 13.7. The zero-order chi connectivity index (χ0) is 16.1. The summed E-state index contributed by atoms with van der Waals surface area (Å²) in [6, 6.07) is 7.51. The first-order valence-electron chi connectivity index (χ1n) is 7.49. The number of hydrogen-bond acceptors (Lipinski definition) is 4. The first-order valence-corrected chi connectivity index (χ1v) is 7.86. The molecule has 0 unspecified atom stereocenters. The zero-order valence-electron chi connectivity index (χ0n) is 13.0. The van der Waals surface area contributed by atoms with Gasteiger partial charge in [0.2, 0.25) is 0 Å². The van der Waals surface area contributed by atoms with E-state index in [1.807, 2.05) is 29.1 Å². The van der Waals surface area contributed by atoms with Gasteiger partial charge in [-0.1, -0.05) is 23.7 Å². The molecule has 0 saturated carbocycles. The molecule has 0 radical (unpaired) electrons. The molecule has 1 N–H and O–H groups in total. The Morgan fingerprint density at radius 2 is 1.95 bits per heavy atom. The maximum Gasteiger partial charge on any atom is 0.376 e. The van der Waals surface area contributed by atoms with Gasteiger partial charge in [-0.25, -0.2) is 4.79 Å². The van der Waals surface area contributed by atoms with Crippen LogP contribution < -0.4 is 0 Å². The first-order chi connectivity index (χ1) is 10.5. The number of carbonyl (C=O) groups is 1. The van der Waals surface area contributed by atoms with E-state index in [4.69, 9.17) is 16.3 Å². The second kappa shape index (κ2) is 7.81. The molecule has 0 aromatic heterocycles. The van der Waals surface area contributed by atoms with E-state index in [1.54, 1.807) is 12.9 Å². The topological polar surface area (TPSA) is 49.8 Å². The summed E-state index contributed by atoms with van der Waals surface area (Å²) in [6.45, 7) is 3.41. The summed E-state index contributed by atoms with van der Waals surface area (Å²) in [7, 11) is 0.957. The van der Waals surface area contributed by atoms with E-state index in [0.717, 1.165) is 37.1 Å².